The number of hydrogen-bond acceptors (Lipinski definition) is 5. The second-order valence-electron chi connectivity index (χ2n) is 5.24. The summed E-state index contributed by atoms with van der Waals surface area (Å²) in [5, 5.41) is 0.697. The fourth-order valence-electron chi connectivity index (χ4n) is 2.24. The first-order valence-corrected chi connectivity index (χ1v) is 9.21. The number of methoxy groups -OCH3 is 1. The summed E-state index contributed by atoms with van der Waals surface area (Å²) in [5.74, 6) is -0.0159. The number of nitrogens with zero attached hydrogens (tertiary/aromatic N) is 2. The highest BCUT2D eigenvalue weighted by molar-refractivity contribution is 8.18. The molecule has 1 aromatic carbocycles. The van der Waals surface area contributed by atoms with Crippen LogP contribution in [0, 0.1) is 6.92 Å². The molecule has 24 heavy (non-hydrogen) atoms. The SMILES string of the molecule is COCCN1C(=O)/C(=C\c2ccc(C)s2)SC1=Nc1ccccc1. The van der Waals surface area contributed by atoms with Crippen molar-refractivity contribution in [1.82, 2.24) is 4.90 Å². The van der Waals surface area contributed by atoms with E-state index in [-0.39, 0.29) is 5.91 Å². The van der Waals surface area contributed by atoms with E-state index >= 15 is 0 Å². The van der Waals surface area contributed by atoms with Crippen LogP contribution in [0.15, 0.2) is 52.4 Å². The highest BCUT2D eigenvalue weighted by atomic mass is 32.2. The number of amidine groups is 1. The van der Waals surface area contributed by atoms with Crippen LogP contribution < -0.4 is 0 Å². The molecule has 0 aliphatic carbocycles. The Morgan fingerprint density at radius 1 is 1.21 bits per heavy atom. The molecule has 0 bridgehead atoms. The lowest BCUT2D eigenvalue weighted by Crippen LogP contribution is -2.32. The Hall–Kier alpha value is -1.89. The molecule has 1 aromatic heterocycles. The molecule has 1 aliphatic heterocycles. The van der Waals surface area contributed by atoms with Crippen LogP contribution >= 0.6 is 23.1 Å². The number of thioether (sulfide) groups is 1. The van der Waals surface area contributed by atoms with Crippen LogP contribution in [0.25, 0.3) is 6.08 Å². The van der Waals surface area contributed by atoms with Crippen molar-refractivity contribution in [2.24, 2.45) is 4.99 Å². The van der Waals surface area contributed by atoms with Gasteiger partial charge in [0.2, 0.25) is 0 Å². The molecular formula is C18H18N2O2S2. The van der Waals surface area contributed by atoms with Crippen molar-refractivity contribution in [3.8, 4) is 0 Å². The molecule has 1 amide bonds. The second-order valence-corrected chi connectivity index (χ2v) is 7.57. The van der Waals surface area contributed by atoms with Gasteiger partial charge in [0.25, 0.3) is 5.91 Å². The van der Waals surface area contributed by atoms with Gasteiger partial charge in [-0.3, -0.25) is 9.69 Å². The molecule has 1 fully saturated rings. The normalized spacial score (nSPS) is 18.1. The fraction of sp³-hybridized carbons (Fsp3) is 0.222. The Balaban J connectivity index is 1.90. The summed E-state index contributed by atoms with van der Waals surface area (Å²) >= 11 is 3.09. The zero-order chi connectivity index (χ0) is 16.9. The lowest BCUT2D eigenvalue weighted by molar-refractivity contribution is -0.122. The summed E-state index contributed by atoms with van der Waals surface area (Å²) in [4.78, 5) is 22.1. The highest BCUT2D eigenvalue weighted by Crippen LogP contribution is 2.34. The van der Waals surface area contributed by atoms with Crippen molar-refractivity contribution < 1.29 is 9.53 Å². The van der Waals surface area contributed by atoms with E-state index in [9.17, 15) is 4.79 Å². The summed E-state index contributed by atoms with van der Waals surface area (Å²) in [6.45, 7) is 3.03. The molecular weight excluding hydrogens is 340 g/mol. The predicted molar refractivity (Wildman–Crippen MR) is 102 cm³/mol. The quantitative estimate of drug-likeness (QED) is 0.748. The van der Waals surface area contributed by atoms with E-state index in [1.54, 1.807) is 23.3 Å². The third-order valence-corrected chi connectivity index (χ3v) is 5.38. The van der Waals surface area contributed by atoms with Crippen molar-refractivity contribution in [1.29, 1.82) is 0 Å². The Bertz CT molecular complexity index is 781. The zero-order valence-electron chi connectivity index (χ0n) is 13.6. The Morgan fingerprint density at radius 3 is 2.67 bits per heavy atom. The van der Waals surface area contributed by atoms with Gasteiger partial charge in [-0.25, -0.2) is 4.99 Å². The van der Waals surface area contributed by atoms with Gasteiger partial charge >= 0.3 is 0 Å². The molecule has 0 radical (unpaired) electrons. The maximum atomic E-state index is 12.7. The molecule has 0 unspecified atom stereocenters. The van der Waals surface area contributed by atoms with E-state index in [0.29, 0.717) is 23.2 Å². The van der Waals surface area contributed by atoms with Gasteiger partial charge in [0.1, 0.15) is 0 Å². The molecule has 0 spiro atoms. The number of thiophene rings is 1. The Kier molecular flexibility index (Phi) is 5.50. The standard InChI is InChI=1S/C18H18N2O2S2/c1-13-8-9-15(23-13)12-16-17(21)20(10-11-22-2)18(24-16)19-14-6-4-3-5-7-14/h3-9,12H,10-11H2,1-2H3/b16-12+,19-18?. The van der Waals surface area contributed by atoms with E-state index in [1.165, 1.54) is 16.6 Å². The minimum atomic E-state index is -0.0159. The molecule has 1 aliphatic rings. The van der Waals surface area contributed by atoms with E-state index in [0.717, 1.165) is 10.6 Å². The maximum Gasteiger partial charge on any atom is 0.266 e. The number of carbonyl (C=O) groups excluding carboxylic acids is 1. The van der Waals surface area contributed by atoms with E-state index in [1.807, 2.05) is 42.5 Å². The van der Waals surface area contributed by atoms with Crippen molar-refractivity contribution in [2.45, 2.75) is 6.92 Å². The fourth-order valence-corrected chi connectivity index (χ4v) is 4.16. The van der Waals surface area contributed by atoms with Crippen LogP contribution in [0.2, 0.25) is 0 Å². The number of ether oxygens (including phenoxy) is 1. The summed E-state index contributed by atoms with van der Waals surface area (Å²) in [7, 11) is 1.63. The number of benzene rings is 1. The first-order valence-electron chi connectivity index (χ1n) is 7.58. The smallest absolute Gasteiger partial charge is 0.266 e. The number of rotatable bonds is 5. The predicted octanol–water partition coefficient (Wildman–Crippen LogP) is 4.31. The zero-order valence-corrected chi connectivity index (χ0v) is 15.2. The van der Waals surface area contributed by atoms with Crippen LogP contribution in [-0.4, -0.2) is 36.2 Å². The molecule has 1 saturated heterocycles. The molecule has 124 valence electrons. The van der Waals surface area contributed by atoms with Gasteiger partial charge in [0, 0.05) is 16.9 Å². The van der Waals surface area contributed by atoms with E-state index in [4.69, 9.17) is 4.74 Å². The van der Waals surface area contributed by atoms with E-state index in [2.05, 4.69) is 18.0 Å². The number of amides is 1. The average Bonchev–Trinajstić information content (AvgIpc) is 3.11. The van der Waals surface area contributed by atoms with E-state index < -0.39 is 0 Å². The van der Waals surface area contributed by atoms with Crippen molar-refractivity contribution in [2.75, 3.05) is 20.3 Å². The summed E-state index contributed by atoms with van der Waals surface area (Å²) in [6.07, 6.45) is 1.94. The number of aliphatic imine (C=N–C) groups is 1. The van der Waals surface area contributed by atoms with Gasteiger partial charge in [-0.15, -0.1) is 11.3 Å². The van der Waals surface area contributed by atoms with Crippen LogP contribution in [0.3, 0.4) is 0 Å². The van der Waals surface area contributed by atoms with Crippen molar-refractivity contribution in [3.05, 3.63) is 57.1 Å². The summed E-state index contributed by atoms with van der Waals surface area (Å²) < 4.78 is 5.13. The van der Waals surface area contributed by atoms with Crippen LogP contribution in [0.4, 0.5) is 5.69 Å². The molecule has 3 rings (SSSR count). The van der Waals surface area contributed by atoms with Gasteiger partial charge < -0.3 is 4.74 Å². The van der Waals surface area contributed by atoms with Gasteiger partial charge in [0.05, 0.1) is 23.7 Å². The molecule has 0 saturated carbocycles. The van der Waals surface area contributed by atoms with Gasteiger partial charge in [-0.2, -0.15) is 0 Å². The molecule has 0 N–H and O–H groups in total. The van der Waals surface area contributed by atoms with Crippen LogP contribution in [0.5, 0.6) is 0 Å². The molecule has 2 aromatic rings. The number of hydrogen-bond donors (Lipinski definition) is 0. The largest absolute Gasteiger partial charge is 0.383 e. The summed E-state index contributed by atoms with van der Waals surface area (Å²) in [5.41, 5.74) is 0.837. The third-order valence-electron chi connectivity index (χ3n) is 3.42. The first kappa shape index (κ1) is 17.0. The van der Waals surface area contributed by atoms with Crippen LogP contribution in [-0.2, 0) is 9.53 Å². The molecule has 4 nitrogen and oxygen atoms in total. The monoisotopic (exact) mass is 358 g/mol. The minimum Gasteiger partial charge on any atom is -0.383 e. The van der Waals surface area contributed by atoms with Crippen molar-refractivity contribution >= 4 is 45.9 Å². The Morgan fingerprint density at radius 2 is 2.00 bits per heavy atom. The summed E-state index contributed by atoms with van der Waals surface area (Å²) in [6, 6.07) is 13.8. The maximum absolute atomic E-state index is 12.7. The third kappa shape index (κ3) is 3.95. The number of aryl methyl sites for hydroxylation is 1. The van der Waals surface area contributed by atoms with Crippen LogP contribution in [0.1, 0.15) is 9.75 Å². The number of para-hydroxylation sites is 1. The van der Waals surface area contributed by atoms with Gasteiger partial charge in [0.15, 0.2) is 5.17 Å². The first-order chi connectivity index (χ1) is 11.7. The molecule has 6 heteroatoms. The topological polar surface area (TPSA) is 41.9 Å². The average molecular weight is 358 g/mol. The van der Waals surface area contributed by atoms with Gasteiger partial charge in [-0.1, -0.05) is 18.2 Å². The van der Waals surface area contributed by atoms with Gasteiger partial charge in [-0.05, 0) is 49.0 Å². The Labute approximate surface area is 149 Å². The second kappa shape index (κ2) is 7.79. The van der Waals surface area contributed by atoms with Crippen molar-refractivity contribution in [3.63, 3.8) is 0 Å². The number of carbonyl (C=O) groups is 1. The molecule has 2 heterocycles. The minimum absolute atomic E-state index is 0.0159. The lowest BCUT2D eigenvalue weighted by Gasteiger charge is -2.14. The highest BCUT2D eigenvalue weighted by Gasteiger charge is 2.33. The lowest BCUT2D eigenvalue weighted by atomic mass is 10.3. The molecule has 0 atom stereocenters.